The predicted octanol–water partition coefficient (Wildman–Crippen LogP) is 4.20. The van der Waals surface area contributed by atoms with Crippen LogP contribution < -0.4 is 14.8 Å². The van der Waals surface area contributed by atoms with E-state index in [1.807, 2.05) is 12.1 Å². The average Bonchev–Trinajstić information content (AvgIpc) is 2.82. The van der Waals surface area contributed by atoms with Gasteiger partial charge in [0, 0.05) is 48.8 Å². The van der Waals surface area contributed by atoms with E-state index < -0.39 is 16.1 Å². The van der Waals surface area contributed by atoms with Crippen LogP contribution in [0.1, 0.15) is 25.7 Å². The lowest BCUT2D eigenvalue weighted by atomic mass is 9.96. The summed E-state index contributed by atoms with van der Waals surface area (Å²) in [7, 11) is -4.00. The van der Waals surface area contributed by atoms with Gasteiger partial charge in [-0.05, 0) is 48.5 Å². The van der Waals surface area contributed by atoms with E-state index in [1.165, 1.54) is 24.3 Å². The molecule has 0 radical (unpaired) electrons. The third kappa shape index (κ3) is 5.63. The number of carbonyl (C=O) groups excluding carboxylic acids is 1. The summed E-state index contributed by atoms with van der Waals surface area (Å²) in [5, 5.41) is 4.40. The highest BCUT2D eigenvalue weighted by molar-refractivity contribution is 7.90. The van der Waals surface area contributed by atoms with Crippen LogP contribution in [-0.4, -0.2) is 57.3 Å². The summed E-state index contributed by atoms with van der Waals surface area (Å²) in [6.45, 7) is 2.66. The number of amides is 2. The molecule has 2 aliphatic rings. The molecule has 33 heavy (non-hydrogen) atoms. The fraction of sp³-hybridized carbons (Fsp3) is 0.435. The van der Waals surface area contributed by atoms with Gasteiger partial charge in [-0.1, -0.05) is 23.2 Å². The highest BCUT2D eigenvalue weighted by Gasteiger charge is 2.49. The Hall–Kier alpha value is -1.84. The summed E-state index contributed by atoms with van der Waals surface area (Å²) >= 11 is 11.8. The van der Waals surface area contributed by atoms with Crippen LogP contribution in [-0.2, 0) is 10.0 Å². The molecule has 178 valence electrons. The van der Waals surface area contributed by atoms with Gasteiger partial charge in [-0.2, -0.15) is 4.72 Å². The number of halogens is 2. The molecule has 0 unspecified atom stereocenters. The second kappa shape index (κ2) is 10.2. The summed E-state index contributed by atoms with van der Waals surface area (Å²) in [5.74, 6) is 0.737. The highest BCUT2D eigenvalue weighted by Crippen LogP contribution is 2.31. The molecule has 0 saturated carbocycles. The van der Waals surface area contributed by atoms with Gasteiger partial charge in [0.05, 0.1) is 24.0 Å². The first kappa shape index (κ1) is 24.3. The molecule has 2 fully saturated rings. The molecule has 2 aromatic carbocycles. The largest absolute Gasteiger partial charge is 0.490 e. The van der Waals surface area contributed by atoms with E-state index in [9.17, 15) is 13.2 Å². The fourth-order valence-corrected chi connectivity index (χ4v) is 6.02. The first-order valence-corrected chi connectivity index (χ1v) is 13.3. The number of piperidine rings is 2. The van der Waals surface area contributed by atoms with Crippen LogP contribution in [0.2, 0.25) is 10.0 Å². The number of sulfonamides is 1. The van der Waals surface area contributed by atoms with Crippen molar-refractivity contribution in [3.05, 3.63) is 58.6 Å². The van der Waals surface area contributed by atoms with Gasteiger partial charge in [0.2, 0.25) is 0 Å². The Labute approximate surface area is 204 Å². The van der Waals surface area contributed by atoms with Crippen LogP contribution in [0.15, 0.2) is 53.4 Å². The molecular weight excluding hydrogens is 485 g/mol. The normalized spacial score (nSPS) is 24.2. The SMILES string of the molecule is O=C(NS(=O)(=O)c1ccc(Cl)cc1)[N+]1(C2CCNCC2)CCC(Oc2ccc(Cl)cc2)CC1. The average molecular weight is 513 g/mol. The molecule has 2 amide bonds. The van der Waals surface area contributed by atoms with Crippen molar-refractivity contribution < 1.29 is 22.4 Å². The Morgan fingerprint density at radius 2 is 1.45 bits per heavy atom. The molecule has 0 aromatic heterocycles. The van der Waals surface area contributed by atoms with Gasteiger partial charge in [-0.25, -0.2) is 17.7 Å². The standard InChI is InChI=1S/C23H27Cl2N3O4S/c24-17-1-5-20(6-2-17)32-21-11-15-28(16-12-21,19-9-13-26-14-10-19)23(29)27-33(30,31)22-7-3-18(25)4-8-22/h1-8,19,21,26H,9-16H2/p+1. The minimum atomic E-state index is -4.00. The lowest BCUT2D eigenvalue weighted by Gasteiger charge is -2.47. The zero-order chi connectivity index (χ0) is 23.5. The minimum absolute atomic E-state index is 0.0182. The molecule has 0 spiro atoms. The third-order valence-corrected chi connectivity index (χ3v) is 8.41. The molecule has 7 nitrogen and oxygen atoms in total. The quantitative estimate of drug-likeness (QED) is 0.586. The molecule has 2 saturated heterocycles. The van der Waals surface area contributed by atoms with E-state index in [-0.39, 0.29) is 21.5 Å². The maximum absolute atomic E-state index is 13.6. The van der Waals surface area contributed by atoms with Crippen LogP contribution in [0.25, 0.3) is 0 Å². The number of quaternary nitrogens is 1. The second-order valence-electron chi connectivity index (χ2n) is 8.60. The van der Waals surface area contributed by atoms with Crippen molar-refractivity contribution in [3.8, 4) is 5.75 Å². The third-order valence-electron chi connectivity index (χ3n) is 6.57. The molecule has 4 rings (SSSR count). The van der Waals surface area contributed by atoms with E-state index in [1.54, 1.807) is 12.1 Å². The molecule has 2 N–H and O–H groups in total. The Kier molecular flexibility index (Phi) is 7.50. The zero-order valence-corrected chi connectivity index (χ0v) is 20.5. The smallest absolute Gasteiger partial charge is 0.430 e. The minimum Gasteiger partial charge on any atom is -0.490 e. The van der Waals surface area contributed by atoms with E-state index in [0.29, 0.717) is 36.0 Å². The Balaban J connectivity index is 1.50. The number of carbonyl (C=O) groups is 1. The number of rotatable bonds is 5. The number of benzene rings is 2. The molecule has 0 atom stereocenters. The predicted molar refractivity (Wildman–Crippen MR) is 128 cm³/mol. The summed E-state index contributed by atoms with van der Waals surface area (Å²) in [5.41, 5.74) is 0. The Morgan fingerprint density at radius 1 is 0.909 bits per heavy atom. The van der Waals surface area contributed by atoms with Gasteiger partial charge >= 0.3 is 6.03 Å². The molecule has 0 bridgehead atoms. The van der Waals surface area contributed by atoms with E-state index in [2.05, 4.69) is 10.0 Å². The molecule has 2 heterocycles. The summed E-state index contributed by atoms with van der Waals surface area (Å²) in [6.07, 6.45) is 2.90. The number of hydrogen-bond acceptors (Lipinski definition) is 5. The van der Waals surface area contributed by atoms with Crippen LogP contribution >= 0.6 is 23.2 Å². The number of likely N-dealkylation sites (tertiary alicyclic amines) is 1. The van der Waals surface area contributed by atoms with Gasteiger partial charge in [0.15, 0.2) is 0 Å². The van der Waals surface area contributed by atoms with E-state index in [4.69, 9.17) is 27.9 Å². The lowest BCUT2D eigenvalue weighted by Crippen LogP contribution is -2.68. The van der Waals surface area contributed by atoms with Crippen molar-refractivity contribution in [3.63, 3.8) is 0 Å². The zero-order valence-electron chi connectivity index (χ0n) is 18.2. The number of urea groups is 1. The lowest BCUT2D eigenvalue weighted by molar-refractivity contribution is -0.882. The van der Waals surface area contributed by atoms with Crippen LogP contribution in [0.3, 0.4) is 0 Å². The maximum atomic E-state index is 13.6. The van der Waals surface area contributed by atoms with E-state index >= 15 is 0 Å². The molecule has 2 aromatic rings. The van der Waals surface area contributed by atoms with Crippen molar-refractivity contribution in [1.82, 2.24) is 10.0 Å². The van der Waals surface area contributed by atoms with Gasteiger partial charge < -0.3 is 10.1 Å². The van der Waals surface area contributed by atoms with Gasteiger partial charge in [0.25, 0.3) is 10.0 Å². The molecule has 0 aliphatic carbocycles. The van der Waals surface area contributed by atoms with Crippen LogP contribution in [0, 0.1) is 0 Å². The Morgan fingerprint density at radius 3 is 2.03 bits per heavy atom. The highest BCUT2D eigenvalue weighted by atomic mass is 35.5. The topological polar surface area (TPSA) is 84.5 Å². The van der Waals surface area contributed by atoms with Crippen molar-refractivity contribution in [1.29, 1.82) is 0 Å². The monoisotopic (exact) mass is 512 g/mol. The van der Waals surface area contributed by atoms with Crippen LogP contribution in [0.4, 0.5) is 4.79 Å². The number of ether oxygens (including phenoxy) is 1. The maximum Gasteiger partial charge on any atom is 0.430 e. The summed E-state index contributed by atoms with van der Waals surface area (Å²) < 4.78 is 34.4. The number of nitrogens with one attached hydrogen (secondary N) is 2. The molecular formula is C23H28Cl2N3O4S+. The van der Waals surface area contributed by atoms with Crippen molar-refractivity contribution in [2.24, 2.45) is 0 Å². The molecule has 2 aliphatic heterocycles. The molecule has 10 heteroatoms. The summed E-state index contributed by atoms with van der Waals surface area (Å²) in [6, 6.07) is 12.6. The van der Waals surface area contributed by atoms with Crippen molar-refractivity contribution in [2.75, 3.05) is 26.2 Å². The first-order chi connectivity index (χ1) is 15.8. The fourth-order valence-electron chi connectivity index (χ4n) is 4.74. The van der Waals surface area contributed by atoms with Crippen molar-refractivity contribution in [2.45, 2.75) is 42.7 Å². The first-order valence-electron chi connectivity index (χ1n) is 11.1. The number of nitrogens with zero attached hydrogens (tertiary/aromatic N) is 1. The van der Waals surface area contributed by atoms with E-state index in [0.717, 1.165) is 31.7 Å². The second-order valence-corrected chi connectivity index (χ2v) is 11.2. The van der Waals surface area contributed by atoms with Gasteiger partial charge in [0.1, 0.15) is 11.9 Å². The number of hydrogen-bond donors (Lipinski definition) is 2. The van der Waals surface area contributed by atoms with Gasteiger partial charge in [-0.15, -0.1) is 0 Å². The van der Waals surface area contributed by atoms with Crippen LogP contribution in [0.5, 0.6) is 5.75 Å². The summed E-state index contributed by atoms with van der Waals surface area (Å²) in [4.78, 5) is 13.6. The van der Waals surface area contributed by atoms with Crippen molar-refractivity contribution >= 4 is 39.3 Å². The van der Waals surface area contributed by atoms with Gasteiger partial charge in [-0.3, -0.25) is 0 Å². The Bertz CT molecular complexity index is 1060.